The molecule has 0 aromatic heterocycles. The van der Waals surface area contributed by atoms with E-state index in [-0.39, 0.29) is 17.8 Å². The lowest BCUT2D eigenvalue weighted by Gasteiger charge is -2.35. The van der Waals surface area contributed by atoms with E-state index in [1.54, 1.807) is 11.8 Å². The Morgan fingerprint density at radius 2 is 2.07 bits per heavy atom. The molecule has 2 N–H and O–H groups in total. The van der Waals surface area contributed by atoms with Crippen molar-refractivity contribution >= 4 is 34.9 Å². The van der Waals surface area contributed by atoms with Crippen LogP contribution in [0.25, 0.3) is 0 Å². The molecule has 6 nitrogen and oxygen atoms in total. The molecule has 0 aliphatic carbocycles. The van der Waals surface area contributed by atoms with Gasteiger partial charge in [-0.1, -0.05) is 26.0 Å². The molecule has 1 aliphatic rings. The number of anilines is 1. The van der Waals surface area contributed by atoms with Gasteiger partial charge in [0.05, 0.1) is 18.2 Å². The maximum atomic E-state index is 12.6. The second kappa shape index (κ2) is 8.99. The van der Waals surface area contributed by atoms with Crippen molar-refractivity contribution in [3.05, 3.63) is 41.1 Å². The molecule has 7 heteroatoms. The van der Waals surface area contributed by atoms with Crippen LogP contribution in [0.1, 0.15) is 45.7 Å². The lowest BCUT2D eigenvalue weighted by molar-refractivity contribution is -0.139. The fourth-order valence-corrected chi connectivity index (χ4v) is 3.19. The Balaban J connectivity index is 2.36. The summed E-state index contributed by atoms with van der Waals surface area (Å²) in [5, 5.41) is 6.64. The SMILES string of the molecule is CCOC(=O)C1=C(C)N(C)C(=S)N[C@H]1c1cccc(NC(=O)CC(C)C)c1. The molecule has 0 saturated carbocycles. The van der Waals surface area contributed by atoms with Crippen molar-refractivity contribution in [1.82, 2.24) is 10.2 Å². The number of amides is 1. The summed E-state index contributed by atoms with van der Waals surface area (Å²) in [6, 6.07) is 7.00. The number of carbonyl (C=O) groups excluding carboxylic acids is 2. The quantitative estimate of drug-likeness (QED) is 0.574. The summed E-state index contributed by atoms with van der Waals surface area (Å²) < 4.78 is 5.25. The minimum absolute atomic E-state index is 0.0358. The number of rotatable bonds is 6. The number of hydrogen-bond donors (Lipinski definition) is 2. The number of nitrogens with zero attached hydrogens (tertiary/aromatic N) is 1. The fourth-order valence-electron chi connectivity index (χ4n) is 2.94. The van der Waals surface area contributed by atoms with E-state index in [9.17, 15) is 9.59 Å². The van der Waals surface area contributed by atoms with E-state index >= 15 is 0 Å². The molecule has 1 aromatic rings. The molecule has 1 aliphatic heterocycles. The zero-order valence-corrected chi connectivity index (χ0v) is 17.3. The molecule has 0 saturated heterocycles. The molecule has 2 rings (SSSR count). The number of nitrogens with one attached hydrogen (secondary N) is 2. The normalized spacial score (nSPS) is 17.0. The molecule has 0 radical (unpaired) electrons. The molecule has 0 unspecified atom stereocenters. The Hall–Kier alpha value is -2.41. The first kappa shape index (κ1) is 20.9. The molecular weight excluding hydrogens is 362 g/mol. The summed E-state index contributed by atoms with van der Waals surface area (Å²) in [6.45, 7) is 7.91. The van der Waals surface area contributed by atoms with Gasteiger partial charge in [0.15, 0.2) is 5.11 Å². The number of carbonyl (C=O) groups is 2. The summed E-state index contributed by atoms with van der Waals surface area (Å²) in [4.78, 5) is 26.4. The first-order valence-electron chi connectivity index (χ1n) is 9.06. The van der Waals surface area contributed by atoms with E-state index in [0.717, 1.165) is 11.3 Å². The van der Waals surface area contributed by atoms with E-state index in [1.807, 2.05) is 52.1 Å². The number of allylic oxidation sites excluding steroid dienone is 1. The van der Waals surface area contributed by atoms with Gasteiger partial charge in [0, 0.05) is 24.9 Å². The van der Waals surface area contributed by atoms with Gasteiger partial charge >= 0.3 is 5.97 Å². The maximum absolute atomic E-state index is 12.6. The highest BCUT2D eigenvalue weighted by Crippen LogP contribution is 2.31. The molecule has 1 amide bonds. The van der Waals surface area contributed by atoms with E-state index < -0.39 is 6.04 Å². The summed E-state index contributed by atoms with van der Waals surface area (Å²) in [7, 11) is 1.81. The molecule has 0 bridgehead atoms. The Morgan fingerprint density at radius 3 is 2.70 bits per heavy atom. The van der Waals surface area contributed by atoms with Gasteiger partial charge in [0.1, 0.15) is 0 Å². The van der Waals surface area contributed by atoms with E-state index in [4.69, 9.17) is 17.0 Å². The summed E-state index contributed by atoms with van der Waals surface area (Å²) in [5.41, 5.74) is 2.77. The number of thiocarbonyl (C=S) groups is 1. The topological polar surface area (TPSA) is 70.7 Å². The average Bonchev–Trinajstić information content (AvgIpc) is 2.58. The van der Waals surface area contributed by atoms with Crippen molar-refractivity contribution < 1.29 is 14.3 Å². The molecule has 1 atom stereocenters. The van der Waals surface area contributed by atoms with Crippen LogP contribution in [0.15, 0.2) is 35.5 Å². The second-order valence-corrected chi connectivity index (χ2v) is 7.32. The van der Waals surface area contributed by atoms with Gasteiger partial charge in [-0.15, -0.1) is 0 Å². The minimum Gasteiger partial charge on any atom is -0.463 e. The van der Waals surface area contributed by atoms with Crippen molar-refractivity contribution in [3.63, 3.8) is 0 Å². The molecule has 1 aromatic carbocycles. The minimum atomic E-state index is -0.435. The van der Waals surface area contributed by atoms with Crippen LogP contribution < -0.4 is 10.6 Å². The maximum Gasteiger partial charge on any atom is 0.338 e. The van der Waals surface area contributed by atoms with Gasteiger partial charge in [-0.25, -0.2) is 4.79 Å². The Bertz CT molecular complexity index is 773. The highest BCUT2D eigenvalue weighted by Gasteiger charge is 2.33. The highest BCUT2D eigenvalue weighted by molar-refractivity contribution is 7.80. The third kappa shape index (κ3) is 5.07. The van der Waals surface area contributed by atoms with Crippen molar-refractivity contribution in [3.8, 4) is 0 Å². The van der Waals surface area contributed by atoms with Crippen LogP contribution in [-0.2, 0) is 14.3 Å². The second-order valence-electron chi connectivity index (χ2n) is 6.93. The van der Waals surface area contributed by atoms with Crippen molar-refractivity contribution in [2.24, 2.45) is 5.92 Å². The van der Waals surface area contributed by atoms with Crippen molar-refractivity contribution in [1.29, 1.82) is 0 Å². The van der Waals surface area contributed by atoms with Crippen LogP contribution in [-0.4, -0.2) is 35.5 Å². The van der Waals surface area contributed by atoms with Crippen LogP contribution >= 0.6 is 12.2 Å². The highest BCUT2D eigenvalue weighted by atomic mass is 32.1. The van der Waals surface area contributed by atoms with Gasteiger partial charge in [-0.2, -0.15) is 0 Å². The summed E-state index contributed by atoms with van der Waals surface area (Å²) >= 11 is 5.40. The fraction of sp³-hybridized carbons (Fsp3) is 0.450. The van der Waals surface area contributed by atoms with E-state index in [2.05, 4.69) is 10.6 Å². The van der Waals surface area contributed by atoms with E-state index in [0.29, 0.717) is 29.4 Å². The van der Waals surface area contributed by atoms with Crippen LogP contribution in [0.3, 0.4) is 0 Å². The summed E-state index contributed by atoms with van der Waals surface area (Å²) in [6.07, 6.45) is 0.452. The van der Waals surface area contributed by atoms with Crippen LogP contribution in [0, 0.1) is 5.92 Å². The van der Waals surface area contributed by atoms with Crippen LogP contribution in [0.5, 0.6) is 0 Å². The Kier molecular flexibility index (Phi) is 6.96. The predicted molar refractivity (Wildman–Crippen MR) is 110 cm³/mol. The molecule has 0 fully saturated rings. The van der Waals surface area contributed by atoms with Crippen LogP contribution in [0.2, 0.25) is 0 Å². The predicted octanol–water partition coefficient (Wildman–Crippen LogP) is 3.37. The number of benzene rings is 1. The van der Waals surface area contributed by atoms with Gasteiger partial charge in [0.25, 0.3) is 0 Å². The van der Waals surface area contributed by atoms with Gasteiger partial charge in [-0.05, 0) is 49.7 Å². The Labute approximate surface area is 166 Å². The number of esters is 1. The van der Waals surface area contributed by atoms with Crippen LogP contribution in [0.4, 0.5) is 5.69 Å². The first-order chi connectivity index (χ1) is 12.7. The first-order valence-corrected chi connectivity index (χ1v) is 9.47. The third-order valence-corrected chi connectivity index (χ3v) is 4.74. The van der Waals surface area contributed by atoms with Gasteiger partial charge in [-0.3, -0.25) is 4.79 Å². The zero-order chi connectivity index (χ0) is 20.1. The molecule has 0 spiro atoms. The third-order valence-electron chi connectivity index (χ3n) is 4.35. The van der Waals surface area contributed by atoms with Gasteiger partial charge < -0.3 is 20.3 Å². The molecular formula is C20H27N3O3S. The zero-order valence-electron chi connectivity index (χ0n) is 16.5. The summed E-state index contributed by atoms with van der Waals surface area (Å²) in [5.74, 6) is -0.135. The van der Waals surface area contributed by atoms with E-state index in [1.165, 1.54) is 0 Å². The van der Waals surface area contributed by atoms with Crippen molar-refractivity contribution in [2.75, 3.05) is 19.0 Å². The average molecular weight is 390 g/mol. The number of ether oxygens (including phenoxy) is 1. The number of hydrogen-bond acceptors (Lipinski definition) is 4. The lowest BCUT2D eigenvalue weighted by Crippen LogP contribution is -2.46. The molecule has 27 heavy (non-hydrogen) atoms. The standard InChI is InChI=1S/C20H27N3O3S/c1-6-26-19(25)17-13(4)23(5)20(27)22-18(17)14-8-7-9-15(11-14)21-16(24)10-12(2)3/h7-9,11-12,18H,6,10H2,1-5H3,(H,21,24)(H,22,27)/t18-/m0/s1. The largest absolute Gasteiger partial charge is 0.463 e. The van der Waals surface area contributed by atoms with Gasteiger partial charge in [0.2, 0.25) is 5.91 Å². The monoisotopic (exact) mass is 389 g/mol. The molecule has 1 heterocycles. The molecule has 146 valence electrons. The lowest BCUT2D eigenvalue weighted by atomic mass is 9.95. The Morgan fingerprint density at radius 1 is 1.37 bits per heavy atom. The van der Waals surface area contributed by atoms with Crippen molar-refractivity contribution in [2.45, 2.75) is 40.2 Å². The smallest absolute Gasteiger partial charge is 0.338 e.